The van der Waals surface area contributed by atoms with Crippen molar-refractivity contribution in [1.82, 2.24) is 0 Å². The van der Waals surface area contributed by atoms with Crippen LogP contribution in [-0.4, -0.2) is 36.2 Å². The molecular formula is C22H28BFO4. The van der Waals surface area contributed by atoms with Crippen LogP contribution in [0.25, 0.3) is 11.1 Å². The van der Waals surface area contributed by atoms with Crippen molar-refractivity contribution in [3.63, 3.8) is 0 Å². The minimum absolute atomic E-state index is 0.0292. The van der Waals surface area contributed by atoms with E-state index in [2.05, 4.69) is 0 Å². The van der Waals surface area contributed by atoms with Gasteiger partial charge in [0.05, 0.1) is 19.1 Å². The van der Waals surface area contributed by atoms with Gasteiger partial charge < -0.3 is 14.9 Å². The first-order valence-electron chi connectivity index (χ1n) is 9.73. The summed E-state index contributed by atoms with van der Waals surface area (Å²) < 4.78 is 18.5. The van der Waals surface area contributed by atoms with Crippen molar-refractivity contribution in [3.8, 4) is 11.1 Å². The van der Waals surface area contributed by atoms with E-state index >= 15 is 0 Å². The molecule has 0 aliphatic rings. The number of aliphatic hydroxyl groups excluding tert-OH is 1. The number of aliphatic hydroxyl groups is 1. The predicted octanol–water partition coefficient (Wildman–Crippen LogP) is 3.83. The zero-order valence-corrected chi connectivity index (χ0v) is 16.5. The number of rotatable bonds is 10. The van der Waals surface area contributed by atoms with E-state index in [0.29, 0.717) is 19.2 Å². The lowest BCUT2D eigenvalue weighted by atomic mass is 9.62. The van der Waals surface area contributed by atoms with Gasteiger partial charge in [-0.1, -0.05) is 43.2 Å². The maximum Gasteiger partial charge on any atom is 0.311 e. The van der Waals surface area contributed by atoms with Gasteiger partial charge in [-0.2, -0.15) is 0 Å². The van der Waals surface area contributed by atoms with E-state index in [1.165, 1.54) is 12.1 Å². The van der Waals surface area contributed by atoms with Crippen molar-refractivity contribution in [2.45, 2.75) is 32.9 Å². The Labute approximate surface area is 166 Å². The molecule has 0 fully saturated rings. The van der Waals surface area contributed by atoms with Crippen molar-refractivity contribution >= 4 is 12.9 Å². The smallest absolute Gasteiger partial charge is 0.311 e. The molecule has 0 bridgehead atoms. The van der Waals surface area contributed by atoms with Crippen LogP contribution in [0.3, 0.4) is 0 Å². The Morgan fingerprint density at radius 2 is 1.89 bits per heavy atom. The summed E-state index contributed by atoms with van der Waals surface area (Å²) in [6.45, 7) is 2.96. The van der Waals surface area contributed by atoms with Crippen LogP contribution < -0.4 is 0 Å². The zero-order chi connectivity index (χ0) is 20.5. The van der Waals surface area contributed by atoms with Gasteiger partial charge in [-0.25, -0.2) is 4.39 Å². The molecule has 2 aromatic carbocycles. The van der Waals surface area contributed by atoms with Gasteiger partial charge in [0.1, 0.15) is 5.82 Å². The number of hydrogen-bond acceptors (Lipinski definition) is 4. The summed E-state index contributed by atoms with van der Waals surface area (Å²) in [6.07, 6.45) is 1.65. The second kappa shape index (κ2) is 11.0. The van der Waals surface area contributed by atoms with Crippen LogP contribution in [0.15, 0.2) is 48.5 Å². The summed E-state index contributed by atoms with van der Waals surface area (Å²) in [5.41, 5.74) is 2.80. The number of ether oxygens (including phenoxy) is 1. The fraction of sp³-hybridized carbons (Fsp3) is 0.409. The molecule has 0 radical (unpaired) electrons. The molecule has 2 N–H and O–H groups in total. The lowest BCUT2D eigenvalue weighted by Gasteiger charge is -2.22. The largest absolute Gasteiger partial charge is 0.466 e. The highest BCUT2D eigenvalue weighted by atomic mass is 19.1. The van der Waals surface area contributed by atoms with Crippen molar-refractivity contribution in [1.29, 1.82) is 0 Å². The molecule has 150 valence electrons. The highest BCUT2D eigenvalue weighted by Gasteiger charge is 2.25. The van der Waals surface area contributed by atoms with Gasteiger partial charge in [0.25, 0.3) is 6.92 Å². The first-order valence-corrected chi connectivity index (χ1v) is 9.73. The Morgan fingerprint density at radius 3 is 2.46 bits per heavy atom. The van der Waals surface area contributed by atoms with Crippen LogP contribution in [-0.2, 0) is 16.0 Å². The Hall–Kier alpha value is -2.18. The first kappa shape index (κ1) is 22.1. The molecule has 2 rings (SSSR count). The molecule has 6 heteroatoms. The highest BCUT2D eigenvalue weighted by molar-refractivity contribution is 6.48. The Bertz CT molecular complexity index is 748. The van der Waals surface area contributed by atoms with E-state index in [-0.39, 0.29) is 24.9 Å². The summed E-state index contributed by atoms with van der Waals surface area (Å²) in [5, 5.41) is 19.4. The Kier molecular flexibility index (Phi) is 8.67. The van der Waals surface area contributed by atoms with E-state index in [1.807, 2.05) is 30.3 Å². The molecule has 4 nitrogen and oxygen atoms in total. The molecule has 0 spiro atoms. The van der Waals surface area contributed by atoms with E-state index in [0.717, 1.165) is 16.7 Å². The maximum atomic E-state index is 13.4. The Morgan fingerprint density at radius 1 is 1.18 bits per heavy atom. The highest BCUT2D eigenvalue weighted by Crippen LogP contribution is 2.26. The molecule has 28 heavy (non-hydrogen) atoms. The van der Waals surface area contributed by atoms with E-state index < -0.39 is 18.8 Å². The van der Waals surface area contributed by atoms with Gasteiger partial charge >= 0.3 is 5.97 Å². The summed E-state index contributed by atoms with van der Waals surface area (Å²) in [5.74, 6) is -1.23. The van der Waals surface area contributed by atoms with Gasteiger partial charge in [-0.15, -0.1) is 0 Å². The molecule has 0 unspecified atom stereocenters. The maximum absolute atomic E-state index is 13.4. The van der Waals surface area contributed by atoms with Crippen LogP contribution >= 0.6 is 0 Å². The van der Waals surface area contributed by atoms with Crippen molar-refractivity contribution < 1.29 is 24.1 Å². The molecule has 0 aliphatic carbocycles. The summed E-state index contributed by atoms with van der Waals surface area (Å²) in [7, 11) is 0. The van der Waals surface area contributed by atoms with Crippen LogP contribution in [0.4, 0.5) is 4.39 Å². The summed E-state index contributed by atoms with van der Waals surface area (Å²) in [4.78, 5) is 12.0. The van der Waals surface area contributed by atoms with Crippen LogP contribution in [0.5, 0.6) is 0 Å². The van der Waals surface area contributed by atoms with E-state index in [4.69, 9.17) is 4.74 Å². The first-order chi connectivity index (χ1) is 13.4. The summed E-state index contributed by atoms with van der Waals surface area (Å²) in [6, 6.07) is 14.3. The number of benzene rings is 2. The molecule has 0 saturated heterocycles. The second-order valence-electron chi connectivity index (χ2n) is 7.23. The molecule has 0 aromatic heterocycles. The van der Waals surface area contributed by atoms with Crippen LogP contribution in [0.2, 0.25) is 13.1 Å². The fourth-order valence-electron chi connectivity index (χ4n) is 3.49. The average Bonchev–Trinajstić information content (AvgIpc) is 2.66. The average molecular weight is 386 g/mol. The monoisotopic (exact) mass is 386 g/mol. The standard InChI is InChI=1S/C22H28BFO4/c1-3-28-22(26)20(15-25)12-17(14-23(2)27)11-16-7-9-18(10-8-16)19-5-4-6-21(24)13-19/h4-10,13,17,20,25,27H,3,11-12,14-15H2,1-2H3/t17-,20-/m1/s1. The topological polar surface area (TPSA) is 66.8 Å². The molecular weight excluding hydrogens is 358 g/mol. The quantitative estimate of drug-likeness (QED) is 0.481. The molecule has 2 atom stereocenters. The van der Waals surface area contributed by atoms with Gasteiger partial charge in [0, 0.05) is 0 Å². The Balaban J connectivity index is 2.10. The van der Waals surface area contributed by atoms with Crippen LogP contribution in [0.1, 0.15) is 18.9 Å². The van der Waals surface area contributed by atoms with Gasteiger partial charge in [0.15, 0.2) is 0 Å². The lowest BCUT2D eigenvalue weighted by molar-refractivity contribution is -0.150. The number of esters is 1. The summed E-state index contributed by atoms with van der Waals surface area (Å²) >= 11 is 0. The van der Waals surface area contributed by atoms with E-state index in [1.54, 1.807) is 19.8 Å². The minimum atomic E-state index is -0.588. The van der Waals surface area contributed by atoms with Gasteiger partial charge in [-0.3, -0.25) is 4.79 Å². The van der Waals surface area contributed by atoms with Crippen molar-refractivity contribution in [2.75, 3.05) is 13.2 Å². The van der Waals surface area contributed by atoms with Crippen LogP contribution in [0, 0.1) is 17.7 Å². The van der Waals surface area contributed by atoms with Crippen molar-refractivity contribution in [3.05, 3.63) is 59.9 Å². The normalized spacial score (nSPS) is 13.0. The molecule has 0 aliphatic heterocycles. The second-order valence-corrected chi connectivity index (χ2v) is 7.23. The third-order valence-electron chi connectivity index (χ3n) is 4.77. The molecule has 0 saturated carbocycles. The molecule has 2 aromatic rings. The SMILES string of the molecule is CCOC(=O)[C@@H](CO)C[C@H](CB(C)O)Cc1ccc(-c2cccc(F)c2)cc1. The lowest BCUT2D eigenvalue weighted by Crippen LogP contribution is -2.26. The minimum Gasteiger partial charge on any atom is -0.466 e. The van der Waals surface area contributed by atoms with E-state index in [9.17, 15) is 19.3 Å². The van der Waals surface area contributed by atoms with Crippen molar-refractivity contribution in [2.24, 2.45) is 11.8 Å². The van der Waals surface area contributed by atoms with Gasteiger partial charge in [-0.05, 0) is 60.8 Å². The molecule has 0 amide bonds. The number of halogens is 1. The van der Waals surface area contributed by atoms with Gasteiger partial charge in [0.2, 0.25) is 0 Å². The zero-order valence-electron chi connectivity index (χ0n) is 16.5. The molecule has 0 heterocycles. The number of carbonyl (C=O) groups is 1. The number of hydrogen-bond donors (Lipinski definition) is 2. The third kappa shape index (κ3) is 6.77. The predicted molar refractivity (Wildman–Crippen MR) is 109 cm³/mol. The fourth-order valence-corrected chi connectivity index (χ4v) is 3.49. The number of carbonyl (C=O) groups excluding carboxylic acids is 1. The third-order valence-corrected chi connectivity index (χ3v) is 4.77.